The molecule has 36 heavy (non-hydrogen) atoms. The zero-order valence-electron chi connectivity index (χ0n) is 20.8. The average molecular weight is 478 g/mol. The van der Waals surface area contributed by atoms with Gasteiger partial charge in [-0.3, -0.25) is 0 Å². The van der Waals surface area contributed by atoms with Crippen LogP contribution in [-0.2, 0) is 17.7 Å². The van der Waals surface area contributed by atoms with Gasteiger partial charge in [-0.2, -0.15) is 0 Å². The van der Waals surface area contributed by atoms with Crippen LogP contribution in [0.1, 0.15) is 47.7 Å². The number of hydrogen-bond donors (Lipinski definition) is 1. The van der Waals surface area contributed by atoms with Gasteiger partial charge in [-0.15, -0.1) is 0 Å². The Balaban J connectivity index is 1.75. The van der Waals surface area contributed by atoms with Gasteiger partial charge in [0.25, 0.3) is 0 Å². The highest BCUT2D eigenvalue weighted by atomic mass is 16.5. The Morgan fingerprint density at radius 2 is 1.64 bits per heavy atom. The third kappa shape index (κ3) is 4.35. The number of rotatable bonds is 8. The molecule has 4 heteroatoms. The van der Waals surface area contributed by atoms with E-state index in [1.807, 2.05) is 24.3 Å². The molecule has 0 fully saturated rings. The molecule has 4 aromatic carbocycles. The molecule has 0 bridgehead atoms. The summed E-state index contributed by atoms with van der Waals surface area (Å²) in [6.45, 7) is 2.80. The Labute approximate surface area is 211 Å². The second kappa shape index (κ2) is 10.3. The third-order valence-corrected chi connectivity index (χ3v) is 6.94. The Morgan fingerprint density at radius 1 is 0.861 bits per heavy atom. The van der Waals surface area contributed by atoms with Gasteiger partial charge in [0.1, 0.15) is 5.75 Å². The zero-order chi connectivity index (χ0) is 25.1. The largest absolute Gasteiger partial charge is 0.507 e. The van der Waals surface area contributed by atoms with E-state index in [-0.39, 0.29) is 5.75 Å². The second-order valence-electron chi connectivity index (χ2n) is 9.27. The molecule has 0 spiro atoms. The number of fused-ring (bicyclic) bond motifs is 3. The standard InChI is InChI=1S/C32H31NO3/c1-3-4-6-12-22-19-28-31(29(34)20-22)30-26(32(35)36-2)17-11-18-27(30)33(28)21-24-15-9-10-16-25(24)23-13-7-5-8-14-23/h5,7-11,13-20,34H,3-4,6,12,21H2,1-2H3. The highest BCUT2D eigenvalue weighted by Crippen LogP contribution is 2.39. The molecule has 5 rings (SSSR count). The molecule has 0 aliphatic carbocycles. The second-order valence-corrected chi connectivity index (χ2v) is 9.27. The van der Waals surface area contributed by atoms with E-state index in [9.17, 15) is 9.90 Å². The first-order valence-corrected chi connectivity index (χ1v) is 12.6. The lowest BCUT2D eigenvalue weighted by atomic mass is 9.99. The lowest BCUT2D eigenvalue weighted by molar-refractivity contribution is 0.0603. The van der Waals surface area contributed by atoms with Crippen LogP contribution in [0.3, 0.4) is 0 Å². The van der Waals surface area contributed by atoms with Crippen molar-refractivity contribution in [1.29, 1.82) is 0 Å². The maximum absolute atomic E-state index is 12.7. The number of carbonyl (C=O) groups is 1. The predicted molar refractivity (Wildman–Crippen MR) is 147 cm³/mol. The van der Waals surface area contributed by atoms with E-state index >= 15 is 0 Å². The van der Waals surface area contributed by atoms with E-state index in [0.717, 1.165) is 53.2 Å². The molecule has 1 N–H and O–H groups in total. The SMILES string of the molecule is CCCCCc1cc(O)c2c3c(C(=O)OC)cccc3n(Cc3ccccc3-c3ccccc3)c2c1. The molecule has 0 aliphatic heterocycles. The topological polar surface area (TPSA) is 51.5 Å². The van der Waals surface area contributed by atoms with Crippen LogP contribution in [0.15, 0.2) is 84.9 Å². The van der Waals surface area contributed by atoms with Gasteiger partial charge in [0.05, 0.1) is 29.1 Å². The van der Waals surface area contributed by atoms with Gasteiger partial charge >= 0.3 is 5.97 Å². The number of methoxy groups -OCH3 is 1. The molecule has 182 valence electrons. The highest BCUT2D eigenvalue weighted by Gasteiger charge is 2.22. The summed E-state index contributed by atoms with van der Waals surface area (Å²) in [5.74, 6) is -0.203. The number of ether oxygens (including phenoxy) is 1. The molecule has 0 saturated carbocycles. The summed E-state index contributed by atoms with van der Waals surface area (Å²) in [7, 11) is 1.39. The van der Waals surface area contributed by atoms with Crippen molar-refractivity contribution in [3.63, 3.8) is 0 Å². The number of benzene rings is 4. The van der Waals surface area contributed by atoms with Crippen LogP contribution in [0.25, 0.3) is 32.9 Å². The Morgan fingerprint density at radius 3 is 2.42 bits per heavy atom. The van der Waals surface area contributed by atoms with Gasteiger partial charge in [0, 0.05) is 11.9 Å². The summed E-state index contributed by atoms with van der Waals surface area (Å²) in [6, 6.07) is 28.5. The van der Waals surface area contributed by atoms with Crippen LogP contribution in [0.5, 0.6) is 5.75 Å². The molecule has 1 aromatic heterocycles. The fraction of sp³-hybridized carbons (Fsp3) is 0.219. The first kappa shape index (κ1) is 23.7. The predicted octanol–water partition coefficient (Wildman–Crippen LogP) is 7.73. The summed E-state index contributed by atoms with van der Waals surface area (Å²) < 4.78 is 7.32. The number of carbonyl (C=O) groups excluding carboxylic acids is 1. The minimum Gasteiger partial charge on any atom is -0.507 e. The van der Waals surface area contributed by atoms with E-state index in [1.54, 1.807) is 6.07 Å². The van der Waals surface area contributed by atoms with Gasteiger partial charge in [-0.25, -0.2) is 4.79 Å². The van der Waals surface area contributed by atoms with Crippen molar-refractivity contribution in [1.82, 2.24) is 4.57 Å². The molecular weight excluding hydrogens is 446 g/mol. The van der Waals surface area contributed by atoms with Gasteiger partial charge in [0.2, 0.25) is 0 Å². The Bertz CT molecular complexity index is 1530. The maximum Gasteiger partial charge on any atom is 0.338 e. The van der Waals surface area contributed by atoms with Crippen molar-refractivity contribution in [2.75, 3.05) is 7.11 Å². The smallest absolute Gasteiger partial charge is 0.338 e. The molecule has 0 atom stereocenters. The van der Waals surface area contributed by atoms with Crippen LogP contribution in [-0.4, -0.2) is 22.8 Å². The average Bonchev–Trinajstić information content (AvgIpc) is 3.23. The van der Waals surface area contributed by atoms with E-state index in [2.05, 4.69) is 66.1 Å². The molecule has 0 aliphatic rings. The van der Waals surface area contributed by atoms with Crippen molar-refractivity contribution in [2.45, 2.75) is 39.2 Å². The molecule has 4 nitrogen and oxygen atoms in total. The van der Waals surface area contributed by atoms with Crippen molar-refractivity contribution in [2.24, 2.45) is 0 Å². The van der Waals surface area contributed by atoms with Crippen molar-refractivity contribution in [3.8, 4) is 16.9 Å². The van der Waals surface area contributed by atoms with Crippen LogP contribution in [0.4, 0.5) is 0 Å². The molecular formula is C32H31NO3. The maximum atomic E-state index is 12.7. The fourth-order valence-electron chi connectivity index (χ4n) is 5.20. The van der Waals surface area contributed by atoms with E-state index in [1.165, 1.54) is 18.2 Å². The van der Waals surface area contributed by atoms with Gasteiger partial charge in [-0.05, 0) is 59.4 Å². The number of aryl methyl sites for hydroxylation is 1. The monoisotopic (exact) mass is 477 g/mol. The van der Waals surface area contributed by atoms with Gasteiger partial charge in [0.15, 0.2) is 0 Å². The molecule has 0 unspecified atom stereocenters. The van der Waals surface area contributed by atoms with Crippen molar-refractivity contribution in [3.05, 3.63) is 102 Å². The minimum absolute atomic E-state index is 0.204. The zero-order valence-corrected chi connectivity index (χ0v) is 20.8. The normalized spacial score (nSPS) is 11.3. The number of aromatic hydroxyl groups is 1. The molecule has 0 saturated heterocycles. The molecule has 0 amide bonds. The van der Waals surface area contributed by atoms with Crippen molar-refractivity contribution >= 4 is 27.8 Å². The summed E-state index contributed by atoms with van der Waals surface area (Å²) in [6.07, 6.45) is 4.28. The number of unbranched alkanes of at least 4 members (excludes halogenated alkanes) is 2. The summed E-state index contributed by atoms with van der Waals surface area (Å²) in [5.41, 5.74) is 6.89. The molecule has 0 radical (unpaired) electrons. The third-order valence-electron chi connectivity index (χ3n) is 6.94. The molecule has 1 heterocycles. The number of hydrogen-bond acceptors (Lipinski definition) is 3. The Hall–Kier alpha value is -4.05. The van der Waals surface area contributed by atoms with E-state index in [4.69, 9.17) is 4.74 Å². The van der Waals surface area contributed by atoms with Gasteiger partial charge < -0.3 is 14.4 Å². The van der Waals surface area contributed by atoms with E-state index < -0.39 is 5.97 Å². The summed E-state index contributed by atoms with van der Waals surface area (Å²) in [4.78, 5) is 12.7. The molecule has 5 aromatic rings. The van der Waals surface area contributed by atoms with E-state index in [0.29, 0.717) is 17.5 Å². The number of aromatic nitrogens is 1. The van der Waals surface area contributed by atoms with Crippen molar-refractivity contribution < 1.29 is 14.6 Å². The van der Waals surface area contributed by atoms with Gasteiger partial charge in [-0.1, -0.05) is 80.4 Å². The van der Waals surface area contributed by atoms with Crippen LogP contribution < -0.4 is 0 Å². The first-order chi connectivity index (χ1) is 17.6. The number of esters is 1. The quantitative estimate of drug-likeness (QED) is 0.184. The fourth-order valence-corrected chi connectivity index (χ4v) is 5.20. The summed E-state index contributed by atoms with van der Waals surface area (Å²) in [5, 5.41) is 12.7. The van der Waals surface area contributed by atoms with Crippen LogP contribution in [0, 0.1) is 0 Å². The lowest BCUT2D eigenvalue weighted by Gasteiger charge is -2.14. The van der Waals surface area contributed by atoms with Crippen LogP contribution in [0.2, 0.25) is 0 Å². The number of phenols is 1. The summed E-state index contributed by atoms with van der Waals surface area (Å²) >= 11 is 0. The number of nitrogens with zero attached hydrogens (tertiary/aromatic N) is 1. The lowest BCUT2D eigenvalue weighted by Crippen LogP contribution is -2.03. The highest BCUT2D eigenvalue weighted by molar-refractivity contribution is 6.19. The first-order valence-electron chi connectivity index (χ1n) is 12.6. The number of phenolic OH excluding ortho intramolecular Hbond substituents is 1. The van der Waals surface area contributed by atoms with Crippen LogP contribution >= 0.6 is 0 Å². The minimum atomic E-state index is -0.407. The Kier molecular flexibility index (Phi) is 6.77.